The summed E-state index contributed by atoms with van der Waals surface area (Å²) in [4.78, 5) is 37.3. The van der Waals surface area contributed by atoms with Gasteiger partial charge < -0.3 is 14.4 Å². The molecule has 2 fully saturated rings. The van der Waals surface area contributed by atoms with Gasteiger partial charge in [-0.05, 0) is 25.7 Å². The van der Waals surface area contributed by atoms with Crippen LogP contribution in [-0.4, -0.2) is 62.3 Å². The summed E-state index contributed by atoms with van der Waals surface area (Å²) in [6.07, 6.45) is 8.32. The van der Waals surface area contributed by atoms with Crippen molar-refractivity contribution in [2.45, 2.75) is 44.6 Å². The number of piperidine rings is 2. The number of aromatic nitrogens is 3. The molecule has 8 heteroatoms. The van der Waals surface area contributed by atoms with Crippen LogP contribution in [0.15, 0.2) is 23.3 Å². The Morgan fingerprint density at radius 3 is 2.96 bits per heavy atom. The summed E-state index contributed by atoms with van der Waals surface area (Å²) in [5, 5.41) is 2.05. The van der Waals surface area contributed by atoms with Gasteiger partial charge in [-0.15, -0.1) is 11.3 Å². The van der Waals surface area contributed by atoms with Crippen molar-refractivity contribution in [3.8, 4) is 0 Å². The Kier molecular flexibility index (Phi) is 5.52. The number of hydrogen-bond acceptors (Lipinski definition) is 5. The van der Waals surface area contributed by atoms with Crippen molar-refractivity contribution < 1.29 is 9.59 Å². The van der Waals surface area contributed by atoms with Crippen molar-refractivity contribution >= 4 is 23.2 Å². The highest BCUT2D eigenvalue weighted by Crippen LogP contribution is 2.26. The number of thiazole rings is 1. The predicted octanol–water partition coefficient (Wildman–Crippen LogP) is 2.11. The maximum atomic E-state index is 12.8. The van der Waals surface area contributed by atoms with Crippen molar-refractivity contribution in [3.05, 3.63) is 34.8 Å². The van der Waals surface area contributed by atoms with Crippen LogP contribution in [0.1, 0.15) is 49.5 Å². The average Bonchev–Trinajstić information content (AvgIpc) is 3.36. The SMILES string of the molecule is O=C1CCCCN1CC(=O)N1CCC[C@@H](c2nccn2Cc2cscn2)C1. The van der Waals surface area contributed by atoms with E-state index in [0.29, 0.717) is 26.1 Å². The Balaban J connectivity index is 1.40. The van der Waals surface area contributed by atoms with Gasteiger partial charge in [-0.2, -0.15) is 0 Å². The van der Waals surface area contributed by atoms with Gasteiger partial charge in [0.15, 0.2) is 0 Å². The first-order valence-electron chi connectivity index (χ1n) is 9.64. The summed E-state index contributed by atoms with van der Waals surface area (Å²) in [7, 11) is 0. The first-order chi connectivity index (χ1) is 13.2. The third-order valence-corrected chi connectivity index (χ3v) is 6.09. The molecule has 2 aliphatic rings. The van der Waals surface area contributed by atoms with Gasteiger partial charge in [-0.25, -0.2) is 9.97 Å². The zero-order valence-electron chi connectivity index (χ0n) is 15.4. The van der Waals surface area contributed by atoms with Crippen LogP contribution in [0, 0.1) is 0 Å². The number of carbonyl (C=O) groups is 2. The molecule has 0 spiro atoms. The number of likely N-dealkylation sites (tertiary alicyclic amines) is 2. The minimum Gasteiger partial charge on any atom is -0.340 e. The summed E-state index contributed by atoms with van der Waals surface area (Å²) in [5.41, 5.74) is 2.88. The Labute approximate surface area is 163 Å². The lowest BCUT2D eigenvalue weighted by molar-refractivity contribution is -0.142. The Morgan fingerprint density at radius 1 is 1.22 bits per heavy atom. The molecule has 27 heavy (non-hydrogen) atoms. The van der Waals surface area contributed by atoms with Crippen LogP contribution >= 0.6 is 11.3 Å². The van der Waals surface area contributed by atoms with Crippen molar-refractivity contribution in [2.75, 3.05) is 26.2 Å². The molecule has 0 N–H and O–H groups in total. The molecule has 2 aromatic rings. The summed E-state index contributed by atoms with van der Waals surface area (Å²) < 4.78 is 2.14. The second-order valence-electron chi connectivity index (χ2n) is 7.34. The molecular formula is C19H25N5O2S. The fourth-order valence-electron chi connectivity index (χ4n) is 4.01. The van der Waals surface area contributed by atoms with Gasteiger partial charge in [-0.1, -0.05) is 0 Å². The normalized spacial score (nSPS) is 20.9. The topological polar surface area (TPSA) is 71.3 Å². The monoisotopic (exact) mass is 387 g/mol. The Hall–Kier alpha value is -2.22. The molecule has 2 aromatic heterocycles. The van der Waals surface area contributed by atoms with Crippen molar-refractivity contribution in [2.24, 2.45) is 0 Å². The zero-order chi connectivity index (χ0) is 18.6. The van der Waals surface area contributed by atoms with Gasteiger partial charge in [0.2, 0.25) is 11.8 Å². The molecular weight excluding hydrogens is 362 g/mol. The van der Waals surface area contributed by atoms with Crippen molar-refractivity contribution in [3.63, 3.8) is 0 Å². The largest absolute Gasteiger partial charge is 0.340 e. The molecule has 4 heterocycles. The van der Waals surface area contributed by atoms with Crippen molar-refractivity contribution in [1.82, 2.24) is 24.3 Å². The van der Waals surface area contributed by atoms with E-state index >= 15 is 0 Å². The summed E-state index contributed by atoms with van der Waals surface area (Å²) in [5.74, 6) is 1.43. The Morgan fingerprint density at radius 2 is 2.15 bits per heavy atom. The lowest BCUT2D eigenvalue weighted by atomic mass is 9.97. The van der Waals surface area contributed by atoms with Gasteiger partial charge in [0.1, 0.15) is 5.82 Å². The fourth-order valence-corrected chi connectivity index (χ4v) is 4.56. The molecule has 0 bridgehead atoms. The second kappa shape index (κ2) is 8.21. The molecule has 0 aliphatic carbocycles. The number of nitrogens with zero attached hydrogens (tertiary/aromatic N) is 5. The summed E-state index contributed by atoms with van der Waals surface area (Å²) in [6, 6.07) is 0. The molecule has 0 saturated carbocycles. The molecule has 0 unspecified atom stereocenters. The first-order valence-corrected chi connectivity index (χ1v) is 10.6. The van der Waals surface area contributed by atoms with Crippen molar-refractivity contribution in [1.29, 1.82) is 0 Å². The molecule has 1 atom stereocenters. The van der Waals surface area contributed by atoms with Gasteiger partial charge >= 0.3 is 0 Å². The molecule has 0 aromatic carbocycles. The average molecular weight is 388 g/mol. The maximum Gasteiger partial charge on any atom is 0.242 e. The van der Waals surface area contributed by atoms with E-state index in [4.69, 9.17) is 0 Å². The Bertz CT molecular complexity index is 788. The van der Waals surface area contributed by atoms with Crippen LogP contribution in [0.3, 0.4) is 0 Å². The zero-order valence-corrected chi connectivity index (χ0v) is 16.2. The van der Waals surface area contributed by atoms with E-state index in [1.807, 2.05) is 22.8 Å². The van der Waals surface area contributed by atoms with Crippen LogP contribution in [0.2, 0.25) is 0 Å². The molecule has 4 rings (SSSR count). The van der Waals surface area contributed by atoms with Crippen LogP contribution < -0.4 is 0 Å². The fraction of sp³-hybridized carbons (Fsp3) is 0.579. The highest BCUT2D eigenvalue weighted by molar-refractivity contribution is 7.07. The molecule has 7 nitrogen and oxygen atoms in total. The molecule has 144 valence electrons. The third kappa shape index (κ3) is 4.21. The van der Waals surface area contributed by atoms with E-state index in [1.54, 1.807) is 16.2 Å². The van der Waals surface area contributed by atoms with Crippen LogP contribution in [0.25, 0.3) is 0 Å². The highest BCUT2D eigenvalue weighted by Gasteiger charge is 2.29. The van der Waals surface area contributed by atoms with E-state index in [1.165, 1.54) is 0 Å². The molecule has 2 aliphatic heterocycles. The smallest absolute Gasteiger partial charge is 0.242 e. The number of imidazole rings is 1. The van der Waals surface area contributed by atoms with Gasteiger partial charge in [0.05, 0.1) is 24.3 Å². The predicted molar refractivity (Wildman–Crippen MR) is 102 cm³/mol. The number of amides is 2. The van der Waals surface area contributed by atoms with Crippen LogP contribution in [0.5, 0.6) is 0 Å². The number of carbonyl (C=O) groups excluding carboxylic acids is 2. The number of rotatable bonds is 5. The van der Waals surface area contributed by atoms with Gasteiger partial charge in [0, 0.05) is 49.7 Å². The first kappa shape index (κ1) is 18.2. The van der Waals surface area contributed by atoms with E-state index in [-0.39, 0.29) is 24.3 Å². The summed E-state index contributed by atoms with van der Waals surface area (Å²) in [6.45, 7) is 3.09. The molecule has 2 amide bonds. The van der Waals surface area contributed by atoms with E-state index in [0.717, 1.165) is 43.7 Å². The molecule has 0 radical (unpaired) electrons. The minimum atomic E-state index is 0.0626. The quantitative estimate of drug-likeness (QED) is 0.788. The lowest BCUT2D eigenvalue weighted by Gasteiger charge is -2.35. The van der Waals surface area contributed by atoms with Crippen LogP contribution in [0.4, 0.5) is 0 Å². The standard InChI is InChI=1S/C19H25N5O2S/c25-17-5-1-2-7-23(17)12-18(26)22-8-3-4-15(10-22)19-20-6-9-24(19)11-16-13-27-14-21-16/h6,9,13-15H,1-5,7-8,10-12H2/t15-/m1/s1. The summed E-state index contributed by atoms with van der Waals surface area (Å²) >= 11 is 1.59. The molecule has 2 saturated heterocycles. The second-order valence-corrected chi connectivity index (χ2v) is 8.06. The number of hydrogen-bond donors (Lipinski definition) is 0. The van der Waals surface area contributed by atoms with Crippen LogP contribution in [-0.2, 0) is 16.1 Å². The minimum absolute atomic E-state index is 0.0626. The highest BCUT2D eigenvalue weighted by atomic mass is 32.1. The van der Waals surface area contributed by atoms with E-state index < -0.39 is 0 Å². The van der Waals surface area contributed by atoms with E-state index in [2.05, 4.69) is 19.9 Å². The third-order valence-electron chi connectivity index (χ3n) is 5.45. The van der Waals surface area contributed by atoms with E-state index in [9.17, 15) is 9.59 Å². The lowest BCUT2D eigenvalue weighted by Crippen LogP contribution is -2.47. The van der Waals surface area contributed by atoms with Gasteiger partial charge in [-0.3, -0.25) is 9.59 Å². The maximum absolute atomic E-state index is 12.8. The van der Waals surface area contributed by atoms with Gasteiger partial charge in [0.25, 0.3) is 0 Å².